The fourth-order valence-electron chi connectivity index (χ4n) is 3.26. The molecule has 0 spiro atoms. The van der Waals surface area contributed by atoms with Crippen molar-refractivity contribution in [2.75, 3.05) is 0 Å². The summed E-state index contributed by atoms with van der Waals surface area (Å²) in [6.07, 6.45) is -0.714. The van der Waals surface area contributed by atoms with E-state index in [2.05, 4.69) is 19.9 Å². The van der Waals surface area contributed by atoms with Crippen LogP contribution in [0.15, 0.2) is 33.9 Å². The molecule has 0 aliphatic rings. The number of H-pyrrole nitrogens is 2. The van der Waals surface area contributed by atoms with E-state index < -0.39 is 17.3 Å². The average molecular weight is 471 g/mol. The van der Waals surface area contributed by atoms with E-state index in [1.807, 2.05) is 13.8 Å². The van der Waals surface area contributed by atoms with Gasteiger partial charge in [-0.15, -0.1) is 23.1 Å². The zero-order valence-electron chi connectivity index (χ0n) is 18.0. The Labute approximate surface area is 191 Å². The van der Waals surface area contributed by atoms with E-state index >= 15 is 0 Å². The Kier molecular flexibility index (Phi) is 6.16. The Morgan fingerprint density at radius 2 is 1.88 bits per heavy atom. The number of carbonyl (C=O) groups is 1. The molecular weight excluding hydrogens is 448 g/mol. The molecule has 32 heavy (non-hydrogen) atoms. The van der Waals surface area contributed by atoms with Gasteiger partial charge in [0.15, 0.2) is 11.9 Å². The van der Waals surface area contributed by atoms with Crippen LogP contribution in [0, 0.1) is 13.8 Å². The SMILES string of the molecule is Cc1sc2nc(CS[C@@H](C)C(=O)O[C@@H](C)c3nc4ccccc4c(=O)[nH]3)[nH]c(=O)c2c1C. The second kappa shape index (κ2) is 8.87. The van der Waals surface area contributed by atoms with Crippen LogP contribution < -0.4 is 11.1 Å². The lowest BCUT2D eigenvalue weighted by atomic mass is 10.2. The summed E-state index contributed by atoms with van der Waals surface area (Å²) in [6, 6.07) is 6.99. The molecule has 2 atom stereocenters. The number of para-hydroxylation sites is 1. The van der Waals surface area contributed by atoms with Crippen molar-refractivity contribution in [2.45, 2.75) is 44.8 Å². The Hall–Kier alpha value is -2.98. The molecule has 0 amide bonds. The predicted octanol–water partition coefficient (Wildman–Crippen LogP) is 3.76. The summed E-state index contributed by atoms with van der Waals surface area (Å²) in [7, 11) is 0. The molecule has 4 aromatic rings. The molecule has 10 heteroatoms. The fourth-order valence-corrected chi connectivity index (χ4v) is 5.05. The maximum absolute atomic E-state index is 12.6. The van der Waals surface area contributed by atoms with Crippen LogP contribution >= 0.6 is 23.1 Å². The number of hydrogen-bond donors (Lipinski definition) is 2. The summed E-state index contributed by atoms with van der Waals surface area (Å²) in [5.41, 5.74) is 1.05. The highest BCUT2D eigenvalue weighted by atomic mass is 32.2. The largest absolute Gasteiger partial charge is 0.454 e. The third-order valence-corrected chi connectivity index (χ3v) is 7.43. The molecule has 8 nitrogen and oxygen atoms in total. The van der Waals surface area contributed by atoms with Crippen LogP contribution in [0.2, 0.25) is 0 Å². The maximum Gasteiger partial charge on any atom is 0.319 e. The van der Waals surface area contributed by atoms with Crippen LogP contribution in [0.1, 0.15) is 42.0 Å². The molecule has 3 aromatic heterocycles. The summed E-state index contributed by atoms with van der Waals surface area (Å²) < 4.78 is 5.52. The average Bonchev–Trinajstić information content (AvgIpc) is 3.05. The number of thiophene rings is 1. The fraction of sp³-hybridized carbons (Fsp3) is 0.318. The molecule has 166 valence electrons. The van der Waals surface area contributed by atoms with Gasteiger partial charge in [-0.1, -0.05) is 12.1 Å². The highest BCUT2D eigenvalue weighted by Gasteiger charge is 2.21. The minimum Gasteiger partial charge on any atom is -0.454 e. The van der Waals surface area contributed by atoms with Crippen LogP contribution in [0.4, 0.5) is 0 Å². The molecule has 2 N–H and O–H groups in total. The van der Waals surface area contributed by atoms with E-state index in [4.69, 9.17) is 4.74 Å². The topological polar surface area (TPSA) is 118 Å². The highest BCUT2D eigenvalue weighted by Crippen LogP contribution is 2.27. The van der Waals surface area contributed by atoms with Crippen LogP contribution in [-0.2, 0) is 15.3 Å². The van der Waals surface area contributed by atoms with Crippen LogP contribution in [-0.4, -0.2) is 31.2 Å². The lowest BCUT2D eigenvalue weighted by molar-refractivity contribution is -0.147. The zero-order chi connectivity index (χ0) is 23.0. The minimum atomic E-state index is -0.714. The standard InChI is InChI=1S/C22H22N4O4S2/c1-10-12(3)32-21-17(10)20(28)24-16(25-21)9-31-13(4)22(29)30-11(2)18-23-15-8-6-5-7-14(15)19(27)26-18/h5-8,11,13H,9H2,1-4H3,(H,23,26,27)(H,24,25,28)/t11-,13-/m0/s1. The molecular formula is C22H22N4O4S2. The second-order valence-electron chi connectivity index (χ2n) is 7.48. The van der Waals surface area contributed by atoms with Crippen molar-refractivity contribution >= 4 is 50.2 Å². The first-order valence-corrected chi connectivity index (χ1v) is 11.9. The van der Waals surface area contributed by atoms with Crippen LogP contribution in [0.5, 0.6) is 0 Å². The molecule has 0 saturated heterocycles. The van der Waals surface area contributed by atoms with Crippen molar-refractivity contribution in [3.63, 3.8) is 0 Å². The number of esters is 1. The molecule has 1 aromatic carbocycles. The molecule has 0 fully saturated rings. The van der Waals surface area contributed by atoms with Gasteiger partial charge < -0.3 is 14.7 Å². The number of carbonyl (C=O) groups excluding carboxylic acids is 1. The number of ether oxygens (including phenoxy) is 1. The van der Waals surface area contributed by atoms with Gasteiger partial charge in [0.05, 0.1) is 22.0 Å². The van der Waals surface area contributed by atoms with Gasteiger partial charge in [-0.2, -0.15) is 0 Å². The Morgan fingerprint density at radius 1 is 1.12 bits per heavy atom. The predicted molar refractivity (Wildman–Crippen MR) is 127 cm³/mol. The van der Waals surface area contributed by atoms with Gasteiger partial charge in [0.25, 0.3) is 11.1 Å². The van der Waals surface area contributed by atoms with Crippen molar-refractivity contribution in [1.29, 1.82) is 0 Å². The van der Waals surface area contributed by atoms with Gasteiger partial charge in [-0.3, -0.25) is 14.4 Å². The lowest BCUT2D eigenvalue weighted by Gasteiger charge is -2.16. The lowest BCUT2D eigenvalue weighted by Crippen LogP contribution is -2.22. The maximum atomic E-state index is 12.6. The second-order valence-corrected chi connectivity index (χ2v) is 10.0. The van der Waals surface area contributed by atoms with E-state index in [0.29, 0.717) is 38.5 Å². The van der Waals surface area contributed by atoms with Gasteiger partial charge in [-0.05, 0) is 45.4 Å². The minimum absolute atomic E-state index is 0.164. The van der Waals surface area contributed by atoms with Gasteiger partial charge in [0.1, 0.15) is 15.9 Å². The van der Waals surface area contributed by atoms with Crippen molar-refractivity contribution < 1.29 is 9.53 Å². The first kappa shape index (κ1) is 22.2. The molecule has 3 heterocycles. The number of benzene rings is 1. The summed E-state index contributed by atoms with van der Waals surface area (Å²) in [6.45, 7) is 7.27. The number of aromatic nitrogens is 4. The summed E-state index contributed by atoms with van der Waals surface area (Å²) in [4.78, 5) is 53.4. The van der Waals surface area contributed by atoms with E-state index in [1.165, 1.54) is 23.1 Å². The Balaban J connectivity index is 1.42. The van der Waals surface area contributed by atoms with E-state index in [9.17, 15) is 14.4 Å². The summed E-state index contributed by atoms with van der Waals surface area (Å²) >= 11 is 2.80. The van der Waals surface area contributed by atoms with Crippen LogP contribution in [0.25, 0.3) is 21.1 Å². The van der Waals surface area contributed by atoms with Gasteiger partial charge in [0.2, 0.25) is 0 Å². The Morgan fingerprint density at radius 3 is 2.66 bits per heavy atom. The first-order valence-electron chi connectivity index (χ1n) is 10.0. The zero-order valence-corrected chi connectivity index (χ0v) is 19.6. The number of fused-ring (bicyclic) bond motifs is 2. The number of aromatic amines is 2. The van der Waals surface area contributed by atoms with E-state index in [1.54, 1.807) is 38.1 Å². The summed E-state index contributed by atoms with van der Waals surface area (Å²) in [5, 5.41) is 0.602. The third kappa shape index (κ3) is 4.33. The van der Waals surface area contributed by atoms with Crippen molar-refractivity contribution in [1.82, 2.24) is 19.9 Å². The van der Waals surface area contributed by atoms with E-state index in [0.717, 1.165) is 10.4 Å². The molecule has 0 aliphatic carbocycles. The number of hydrogen-bond acceptors (Lipinski definition) is 8. The quantitative estimate of drug-likeness (QED) is 0.412. The molecule has 0 radical (unpaired) electrons. The molecule has 0 bridgehead atoms. The number of rotatable bonds is 6. The Bertz CT molecular complexity index is 1440. The number of thioether (sulfide) groups is 1. The molecule has 0 unspecified atom stereocenters. The van der Waals surface area contributed by atoms with E-state index in [-0.39, 0.29) is 11.1 Å². The normalized spacial score (nSPS) is 13.4. The van der Waals surface area contributed by atoms with Gasteiger partial charge in [-0.25, -0.2) is 9.97 Å². The van der Waals surface area contributed by atoms with Crippen molar-refractivity contribution in [3.05, 3.63) is 67.1 Å². The molecule has 4 rings (SSSR count). The summed E-state index contributed by atoms with van der Waals surface area (Å²) in [5.74, 6) is 0.724. The first-order chi connectivity index (χ1) is 15.2. The van der Waals surface area contributed by atoms with Gasteiger partial charge in [0, 0.05) is 4.88 Å². The third-order valence-electron chi connectivity index (χ3n) is 5.20. The molecule has 0 aliphatic heterocycles. The van der Waals surface area contributed by atoms with Crippen molar-refractivity contribution in [2.24, 2.45) is 0 Å². The number of aryl methyl sites for hydroxylation is 2. The smallest absolute Gasteiger partial charge is 0.319 e. The van der Waals surface area contributed by atoms with Crippen LogP contribution in [0.3, 0.4) is 0 Å². The monoisotopic (exact) mass is 470 g/mol. The number of nitrogens with one attached hydrogen (secondary N) is 2. The molecule has 0 saturated carbocycles. The highest BCUT2D eigenvalue weighted by molar-refractivity contribution is 7.99. The van der Waals surface area contributed by atoms with Crippen molar-refractivity contribution in [3.8, 4) is 0 Å². The number of nitrogens with zero attached hydrogens (tertiary/aromatic N) is 2. The van der Waals surface area contributed by atoms with Gasteiger partial charge >= 0.3 is 5.97 Å².